The van der Waals surface area contributed by atoms with E-state index in [0.717, 1.165) is 57.3 Å². The Hall–Kier alpha value is -1.74. The maximum Gasteiger partial charge on any atom is 0.191 e. The van der Waals surface area contributed by atoms with Gasteiger partial charge in [-0.25, -0.2) is 4.39 Å². The lowest BCUT2D eigenvalue weighted by Gasteiger charge is -2.35. The zero-order chi connectivity index (χ0) is 22.6. The van der Waals surface area contributed by atoms with Crippen molar-refractivity contribution in [1.29, 1.82) is 0 Å². The number of rotatable bonds is 10. The molecule has 0 spiro atoms. The Labute approximate surface area is 193 Å². The Kier molecular flexibility index (Phi) is 10.7. The van der Waals surface area contributed by atoms with Crippen LogP contribution in [0.15, 0.2) is 29.3 Å². The molecule has 32 heavy (non-hydrogen) atoms. The number of hydrogen-bond acceptors (Lipinski definition) is 5. The van der Waals surface area contributed by atoms with Gasteiger partial charge in [-0.2, -0.15) is 0 Å². The van der Waals surface area contributed by atoms with Gasteiger partial charge < -0.3 is 25.2 Å². The maximum atomic E-state index is 13.4. The van der Waals surface area contributed by atoms with E-state index in [9.17, 15) is 4.39 Å². The molecule has 2 N–H and O–H groups in total. The van der Waals surface area contributed by atoms with Crippen LogP contribution in [-0.2, 0) is 4.74 Å². The highest BCUT2D eigenvalue weighted by atomic mass is 19.1. The number of nitrogens with zero attached hydrogens (tertiary/aromatic N) is 4. The molecule has 2 saturated heterocycles. The van der Waals surface area contributed by atoms with Gasteiger partial charge in [0.25, 0.3) is 0 Å². The van der Waals surface area contributed by atoms with Gasteiger partial charge >= 0.3 is 0 Å². The van der Waals surface area contributed by atoms with Gasteiger partial charge in [0.05, 0.1) is 19.3 Å². The molecule has 2 aliphatic heterocycles. The van der Waals surface area contributed by atoms with Gasteiger partial charge in [0, 0.05) is 59.4 Å². The molecule has 0 aliphatic carbocycles. The molecule has 1 aromatic rings. The standard InChI is InChI=1S/C24H41FN6O/c1-3-29-12-14-30(15-13-29)11-5-4-10-27-24(26-2)28-20-23(31-16-18-32-19-17-31)21-6-8-22(25)9-7-21/h6-9,23H,3-5,10-20H2,1-2H3,(H2,26,27,28). The van der Waals surface area contributed by atoms with Gasteiger partial charge in [-0.15, -0.1) is 0 Å². The third kappa shape index (κ3) is 7.99. The van der Waals surface area contributed by atoms with Crippen LogP contribution < -0.4 is 10.6 Å². The normalized spacial score (nSPS) is 20.3. The molecule has 8 heteroatoms. The molecule has 0 aromatic heterocycles. The van der Waals surface area contributed by atoms with E-state index in [-0.39, 0.29) is 11.9 Å². The number of nitrogens with one attached hydrogen (secondary N) is 2. The summed E-state index contributed by atoms with van der Waals surface area (Å²) in [7, 11) is 1.81. The Bertz CT molecular complexity index is 672. The van der Waals surface area contributed by atoms with E-state index in [0.29, 0.717) is 6.54 Å². The molecule has 1 atom stereocenters. The van der Waals surface area contributed by atoms with Crippen molar-refractivity contribution in [2.24, 2.45) is 4.99 Å². The van der Waals surface area contributed by atoms with Crippen molar-refractivity contribution < 1.29 is 9.13 Å². The van der Waals surface area contributed by atoms with E-state index in [4.69, 9.17) is 4.74 Å². The second-order valence-electron chi connectivity index (χ2n) is 8.58. The number of benzene rings is 1. The van der Waals surface area contributed by atoms with Crippen LogP contribution in [0.25, 0.3) is 0 Å². The van der Waals surface area contributed by atoms with E-state index in [2.05, 4.69) is 37.2 Å². The quantitative estimate of drug-likeness (QED) is 0.323. The SMILES string of the molecule is CCN1CCN(CCCCNC(=NC)NCC(c2ccc(F)cc2)N2CCOCC2)CC1. The molecule has 0 radical (unpaired) electrons. The Morgan fingerprint density at radius 3 is 2.34 bits per heavy atom. The highest BCUT2D eigenvalue weighted by Crippen LogP contribution is 2.21. The molecule has 0 saturated carbocycles. The molecule has 2 heterocycles. The Morgan fingerprint density at radius 1 is 1.00 bits per heavy atom. The fourth-order valence-electron chi connectivity index (χ4n) is 4.44. The van der Waals surface area contributed by atoms with Gasteiger partial charge in [-0.1, -0.05) is 19.1 Å². The van der Waals surface area contributed by atoms with E-state index < -0.39 is 0 Å². The van der Waals surface area contributed by atoms with Crippen LogP contribution in [0.5, 0.6) is 0 Å². The van der Waals surface area contributed by atoms with Crippen LogP contribution in [0.4, 0.5) is 4.39 Å². The number of guanidine groups is 1. The third-order valence-corrected chi connectivity index (χ3v) is 6.53. The topological polar surface area (TPSA) is 55.4 Å². The first-order valence-electron chi connectivity index (χ1n) is 12.2. The molecule has 0 bridgehead atoms. The summed E-state index contributed by atoms with van der Waals surface area (Å²) in [6.07, 6.45) is 2.32. The van der Waals surface area contributed by atoms with Crippen LogP contribution in [0.2, 0.25) is 0 Å². The average molecular weight is 449 g/mol. The molecule has 3 rings (SSSR count). The molecule has 2 fully saturated rings. The summed E-state index contributed by atoms with van der Waals surface area (Å²) in [4.78, 5) is 11.9. The predicted octanol–water partition coefficient (Wildman–Crippen LogP) is 1.78. The van der Waals surface area contributed by atoms with Crippen molar-refractivity contribution in [3.05, 3.63) is 35.6 Å². The Morgan fingerprint density at radius 2 is 1.69 bits per heavy atom. The molecule has 0 amide bonds. The number of likely N-dealkylation sites (N-methyl/N-ethyl adjacent to an activating group) is 1. The van der Waals surface area contributed by atoms with Crippen molar-refractivity contribution in [2.45, 2.75) is 25.8 Å². The first-order chi connectivity index (χ1) is 15.7. The second-order valence-corrected chi connectivity index (χ2v) is 8.58. The number of unbranched alkanes of at least 4 members (excludes halogenated alkanes) is 1. The van der Waals surface area contributed by atoms with Crippen molar-refractivity contribution in [3.63, 3.8) is 0 Å². The summed E-state index contributed by atoms with van der Waals surface area (Å²) in [6, 6.07) is 7.00. The number of ether oxygens (including phenoxy) is 1. The van der Waals surface area contributed by atoms with E-state index in [1.807, 2.05) is 19.2 Å². The smallest absolute Gasteiger partial charge is 0.191 e. The van der Waals surface area contributed by atoms with E-state index in [1.54, 1.807) is 0 Å². The summed E-state index contributed by atoms with van der Waals surface area (Å²) < 4.78 is 19.0. The van der Waals surface area contributed by atoms with Crippen molar-refractivity contribution in [3.8, 4) is 0 Å². The van der Waals surface area contributed by atoms with Gasteiger partial charge in [-0.05, 0) is 43.6 Å². The minimum atomic E-state index is -0.202. The lowest BCUT2D eigenvalue weighted by atomic mass is 10.0. The first kappa shape index (κ1) is 24.9. The zero-order valence-corrected chi connectivity index (χ0v) is 19.9. The fourth-order valence-corrected chi connectivity index (χ4v) is 4.44. The van der Waals surface area contributed by atoms with Crippen LogP contribution in [0.3, 0.4) is 0 Å². The van der Waals surface area contributed by atoms with Gasteiger partial charge in [-0.3, -0.25) is 9.89 Å². The zero-order valence-electron chi connectivity index (χ0n) is 19.9. The summed E-state index contributed by atoms with van der Waals surface area (Å²) in [5.74, 6) is 0.620. The molecular formula is C24H41FN6O. The number of aliphatic imine (C=N–C) groups is 1. The van der Waals surface area contributed by atoms with Crippen molar-refractivity contribution >= 4 is 5.96 Å². The van der Waals surface area contributed by atoms with E-state index >= 15 is 0 Å². The number of hydrogen-bond donors (Lipinski definition) is 2. The fraction of sp³-hybridized carbons (Fsp3) is 0.708. The van der Waals surface area contributed by atoms with Crippen LogP contribution in [-0.4, -0.2) is 106 Å². The largest absolute Gasteiger partial charge is 0.379 e. The summed E-state index contributed by atoms with van der Waals surface area (Å²) in [5.41, 5.74) is 1.11. The first-order valence-corrected chi connectivity index (χ1v) is 12.2. The number of piperazine rings is 1. The molecule has 7 nitrogen and oxygen atoms in total. The Balaban J connectivity index is 1.39. The molecule has 1 unspecified atom stereocenters. The lowest BCUT2D eigenvalue weighted by molar-refractivity contribution is 0.0170. The molecule has 2 aliphatic rings. The van der Waals surface area contributed by atoms with E-state index in [1.165, 1.54) is 51.3 Å². The monoisotopic (exact) mass is 448 g/mol. The summed E-state index contributed by atoms with van der Waals surface area (Å²) in [5, 5.41) is 6.93. The van der Waals surface area contributed by atoms with Crippen LogP contribution in [0, 0.1) is 5.82 Å². The summed E-state index contributed by atoms with van der Waals surface area (Å²) in [6.45, 7) is 14.2. The highest BCUT2D eigenvalue weighted by Gasteiger charge is 2.23. The van der Waals surface area contributed by atoms with Gasteiger partial charge in [0.15, 0.2) is 5.96 Å². The molecule has 180 valence electrons. The minimum absolute atomic E-state index is 0.153. The van der Waals surface area contributed by atoms with Crippen molar-refractivity contribution in [2.75, 3.05) is 85.7 Å². The minimum Gasteiger partial charge on any atom is -0.379 e. The van der Waals surface area contributed by atoms with Crippen LogP contribution >= 0.6 is 0 Å². The second kappa shape index (κ2) is 13.7. The van der Waals surface area contributed by atoms with Gasteiger partial charge in [0.2, 0.25) is 0 Å². The highest BCUT2D eigenvalue weighted by molar-refractivity contribution is 5.79. The molecular weight excluding hydrogens is 407 g/mol. The van der Waals surface area contributed by atoms with Crippen LogP contribution in [0.1, 0.15) is 31.4 Å². The maximum absolute atomic E-state index is 13.4. The average Bonchev–Trinajstić information content (AvgIpc) is 2.84. The summed E-state index contributed by atoms with van der Waals surface area (Å²) >= 11 is 0. The number of morpholine rings is 1. The van der Waals surface area contributed by atoms with Crippen molar-refractivity contribution in [1.82, 2.24) is 25.3 Å². The van der Waals surface area contributed by atoms with Gasteiger partial charge in [0.1, 0.15) is 5.82 Å². The number of halogens is 1. The predicted molar refractivity (Wildman–Crippen MR) is 129 cm³/mol. The third-order valence-electron chi connectivity index (χ3n) is 6.53. The molecule has 1 aromatic carbocycles. The lowest BCUT2D eigenvalue weighted by Crippen LogP contribution is -2.47.